The van der Waals surface area contributed by atoms with Gasteiger partial charge in [-0.2, -0.15) is 0 Å². The summed E-state index contributed by atoms with van der Waals surface area (Å²) in [6, 6.07) is 24.2. The van der Waals surface area contributed by atoms with Gasteiger partial charge >= 0.3 is 12.1 Å². The molecule has 6 heteroatoms. The monoisotopic (exact) mass is 415 g/mol. The van der Waals surface area contributed by atoms with Gasteiger partial charge < -0.3 is 13.9 Å². The molecule has 1 heterocycles. The first-order chi connectivity index (χ1) is 15.1. The first-order valence-electron chi connectivity index (χ1n) is 9.94. The molecule has 0 saturated carbocycles. The first-order valence-corrected chi connectivity index (χ1v) is 9.94. The van der Waals surface area contributed by atoms with E-state index in [1.807, 2.05) is 54.6 Å². The Morgan fingerprint density at radius 1 is 0.935 bits per heavy atom. The van der Waals surface area contributed by atoms with Gasteiger partial charge in [-0.3, -0.25) is 10.1 Å². The Morgan fingerprint density at radius 2 is 1.71 bits per heavy atom. The number of hydrogen-bond donors (Lipinski definition) is 1. The van der Waals surface area contributed by atoms with E-state index >= 15 is 0 Å². The number of anilines is 1. The summed E-state index contributed by atoms with van der Waals surface area (Å²) in [6.07, 6.45) is -0.404. The van der Waals surface area contributed by atoms with Gasteiger partial charge in [0, 0.05) is 17.4 Å². The van der Waals surface area contributed by atoms with Crippen LogP contribution in [0.2, 0.25) is 0 Å². The van der Waals surface area contributed by atoms with Crippen molar-refractivity contribution in [2.75, 3.05) is 5.32 Å². The maximum Gasteiger partial charge on any atom is 0.412 e. The number of fused-ring (bicyclic) bond motifs is 1. The number of carbonyl (C=O) groups excluding carboxylic acids is 2. The summed E-state index contributed by atoms with van der Waals surface area (Å²) in [5.74, 6) is 0.676. The van der Waals surface area contributed by atoms with Crippen molar-refractivity contribution in [3.8, 4) is 17.1 Å². The molecular weight excluding hydrogens is 394 g/mol. The highest BCUT2D eigenvalue weighted by molar-refractivity contribution is 5.88. The first kappa shape index (κ1) is 20.2. The van der Waals surface area contributed by atoms with Crippen LogP contribution in [-0.2, 0) is 16.1 Å². The third-order valence-corrected chi connectivity index (χ3v) is 4.65. The largest absolute Gasteiger partial charge is 0.456 e. The highest BCUT2D eigenvalue weighted by Gasteiger charge is 2.12. The Hall–Kier alpha value is -4.06. The number of ether oxygens (including phenoxy) is 2. The average Bonchev–Trinajstić information content (AvgIpc) is 3.23. The second kappa shape index (κ2) is 9.17. The van der Waals surface area contributed by atoms with Gasteiger partial charge in [0.05, 0.1) is 5.69 Å². The zero-order valence-electron chi connectivity index (χ0n) is 17.0. The normalized spacial score (nSPS) is 10.6. The van der Waals surface area contributed by atoms with Crippen molar-refractivity contribution < 1.29 is 23.5 Å². The number of rotatable bonds is 6. The molecule has 0 aliphatic rings. The van der Waals surface area contributed by atoms with Gasteiger partial charge in [-0.15, -0.1) is 0 Å². The number of nitrogens with one attached hydrogen (secondary N) is 1. The molecule has 0 unspecified atom stereocenters. The second-order valence-corrected chi connectivity index (χ2v) is 6.87. The van der Waals surface area contributed by atoms with Crippen molar-refractivity contribution >= 4 is 28.7 Å². The van der Waals surface area contributed by atoms with E-state index in [1.165, 1.54) is 0 Å². The Kier molecular flexibility index (Phi) is 5.98. The fraction of sp³-hybridized carbons (Fsp3) is 0.120. The predicted octanol–water partition coefficient (Wildman–Crippen LogP) is 6.16. The molecule has 0 spiro atoms. The quantitative estimate of drug-likeness (QED) is 0.301. The van der Waals surface area contributed by atoms with E-state index < -0.39 is 6.09 Å². The van der Waals surface area contributed by atoms with Crippen molar-refractivity contribution in [1.29, 1.82) is 0 Å². The number of carbonyl (C=O) groups is 2. The highest BCUT2D eigenvalue weighted by Crippen LogP contribution is 2.29. The standard InChI is InChI=1S/C25H21NO5/c1-2-24(27)31-22-11-7-6-10-20(22)26-25(28)29-16-17-12-13-21-19(14-17)15-23(30-21)18-8-4-3-5-9-18/h3-15H,2,16H2,1H3,(H,26,28). The zero-order chi connectivity index (χ0) is 21.6. The molecule has 0 aliphatic heterocycles. The maximum atomic E-state index is 12.3. The summed E-state index contributed by atoms with van der Waals surface area (Å²) >= 11 is 0. The fourth-order valence-electron chi connectivity index (χ4n) is 3.08. The Labute approximate surface area is 179 Å². The maximum absolute atomic E-state index is 12.3. The van der Waals surface area contributed by atoms with Crippen LogP contribution in [0.1, 0.15) is 18.9 Å². The van der Waals surface area contributed by atoms with Gasteiger partial charge in [-0.1, -0.05) is 55.5 Å². The van der Waals surface area contributed by atoms with Crippen LogP contribution in [0, 0.1) is 0 Å². The number of amides is 1. The molecule has 6 nitrogen and oxygen atoms in total. The number of furan rings is 1. The van der Waals surface area contributed by atoms with Crippen molar-refractivity contribution in [1.82, 2.24) is 0 Å². The molecule has 4 aromatic rings. The summed E-state index contributed by atoms with van der Waals surface area (Å²) in [6.45, 7) is 1.79. The summed E-state index contributed by atoms with van der Waals surface area (Å²) in [4.78, 5) is 23.8. The Balaban J connectivity index is 1.41. The van der Waals surface area contributed by atoms with Gasteiger partial charge in [-0.05, 0) is 35.9 Å². The van der Waals surface area contributed by atoms with E-state index in [2.05, 4.69) is 5.32 Å². The predicted molar refractivity (Wildman–Crippen MR) is 118 cm³/mol. The molecule has 0 radical (unpaired) electrons. The van der Waals surface area contributed by atoms with Crippen LogP contribution in [-0.4, -0.2) is 12.1 Å². The third kappa shape index (κ3) is 4.93. The van der Waals surface area contributed by atoms with Gasteiger partial charge in [0.15, 0.2) is 5.75 Å². The third-order valence-electron chi connectivity index (χ3n) is 4.65. The summed E-state index contributed by atoms with van der Waals surface area (Å²) in [5, 5.41) is 3.54. The lowest BCUT2D eigenvalue weighted by molar-refractivity contribution is -0.133. The number of hydrogen-bond acceptors (Lipinski definition) is 5. The molecule has 31 heavy (non-hydrogen) atoms. The lowest BCUT2D eigenvalue weighted by atomic mass is 10.1. The lowest BCUT2D eigenvalue weighted by Crippen LogP contribution is -2.15. The number of benzene rings is 3. The molecule has 1 aromatic heterocycles. The van der Waals surface area contributed by atoms with Gasteiger partial charge in [0.25, 0.3) is 0 Å². The van der Waals surface area contributed by atoms with E-state index in [4.69, 9.17) is 13.9 Å². The molecule has 156 valence electrons. The fourth-order valence-corrected chi connectivity index (χ4v) is 3.08. The zero-order valence-corrected chi connectivity index (χ0v) is 17.0. The van der Waals surface area contributed by atoms with Crippen molar-refractivity contribution in [3.05, 3.63) is 84.4 Å². The molecule has 4 rings (SSSR count). The summed E-state index contributed by atoms with van der Waals surface area (Å²) in [5.41, 5.74) is 2.96. The van der Waals surface area contributed by atoms with Crippen molar-refractivity contribution in [2.24, 2.45) is 0 Å². The van der Waals surface area contributed by atoms with Crippen molar-refractivity contribution in [2.45, 2.75) is 20.0 Å². The Morgan fingerprint density at radius 3 is 2.52 bits per heavy atom. The minimum absolute atomic E-state index is 0.0878. The minimum atomic E-state index is -0.641. The van der Waals surface area contributed by atoms with Gasteiger partial charge in [0.2, 0.25) is 0 Å². The van der Waals surface area contributed by atoms with E-state index in [0.29, 0.717) is 5.69 Å². The van der Waals surface area contributed by atoms with Crippen LogP contribution < -0.4 is 10.1 Å². The van der Waals surface area contributed by atoms with Crippen LogP contribution in [0.15, 0.2) is 83.3 Å². The molecule has 0 fully saturated rings. The lowest BCUT2D eigenvalue weighted by Gasteiger charge is -2.11. The summed E-state index contributed by atoms with van der Waals surface area (Å²) < 4.78 is 16.5. The highest BCUT2D eigenvalue weighted by atomic mass is 16.6. The molecular formula is C25H21NO5. The molecule has 3 aromatic carbocycles. The number of esters is 1. The average molecular weight is 415 g/mol. The second-order valence-electron chi connectivity index (χ2n) is 6.87. The van der Waals surface area contributed by atoms with Crippen molar-refractivity contribution in [3.63, 3.8) is 0 Å². The van der Waals surface area contributed by atoms with Crippen LogP contribution in [0.5, 0.6) is 5.75 Å². The van der Waals surface area contributed by atoms with Gasteiger partial charge in [-0.25, -0.2) is 4.79 Å². The Bertz CT molecular complexity index is 1210. The molecule has 0 saturated heterocycles. The molecule has 0 atom stereocenters. The minimum Gasteiger partial charge on any atom is -0.456 e. The SMILES string of the molecule is CCC(=O)Oc1ccccc1NC(=O)OCc1ccc2oc(-c3ccccc3)cc2c1. The van der Waals surface area contributed by atoms with Crippen LogP contribution in [0.3, 0.4) is 0 Å². The molecule has 1 N–H and O–H groups in total. The smallest absolute Gasteiger partial charge is 0.412 e. The summed E-state index contributed by atoms with van der Waals surface area (Å²) in [7, 11) is 0. The topological polar surface area (TPSA) is 77.8 Å². The molecule has 0 bridgehead atoms. The van der Waals surface area contributed by atoms with E-state index in [0.717, 1.165) is 27.9 Å². The molecule has 0 aliphatic carbocycles. The van der Waals surface area contributed by atoms with Crippen LogP contribution in [0.4, 0.5) is 10.5 Å². The molecule has 1 amide bonds. The van der Waals surface area contributed by atoms with E-state index in [1.54, 1.807) is 31.2 Å². The number of para-hydroxylation sites is 2. The van der Waals surface area contributed by atoms with Gasteiger partial charge in [0.1, 0.15) is 18.0 Å². The van der Waals surface area contributed by atoms with E-state index in [9.17, 15) is 9.59 Å². The van der Waals surface area contributed by atoms with E-state index in [-0.39, 0.29) is 24.7 Å². The van der Waals surface area contributed by atoms with Crippen LogP contribution >= 0.6 is 0 Å². The van der Waals surface area contributed by atoms with Crippen LogP contribution in [0.25, 0.3) is 22.3 Å².